The Balaban J connectivity index is 1.50. The zero-order valence-corrected chi connectivity index (χ0v) is 20.9. The molecular weight excluding hydrogens is 490 g/mol. The van der Waals surface area contributed by atoms with Crippen LogP contribution in [0.4, 0.5) is 11.4 Å². The number of esters is 1. The number of allylic oxidation sites excluding steroid dienone is 1. The number of ether oxygens (including phenoxy) is 2. The van der Waals surface area contributed by atoms with E-state index in [0.717, 1.165) is 0 Å². The normalized spacial score (nSPS) is 14.0. The molecule has 0 fully saturated rings. The van der Waals surface area contributed by atoms with Crippen molar-refractivity contribution in [2.75, 3.05) is 24.4 Å². The summed E-state index contributed by atoms with van der Waals surface area (Å²) in [5.74, 6) is -1.51. The Morgan fingerprint density at radius 2 is 1.66 bits per heavy atom. The Bertz CT molecular complexity index is 1440. The minimum atomic E-state index is -0.835. The average molecular weight is 516 g/mol. The van der Waals surface area contributed by atoms with Gasteiger partial charge in [-0.2, -0.15) is 0 Å². The van der Waals surface area contributed by atoms with Crippen LogP contribution in [-0.2, 0) is 30.5 Å². The topological polar surface area (TPSA) is 127 Å². The number of nitrogens with one attached hydrogen (secondary N) is 2. The third-order valence-corrected chi connectivity index (χ3v) is 5.75. The molecule has 0 unspecified atom stereocenters. The summed E-state index contributed by atoms with van der Waals surface area (Å²) in [6.45, 7) is 1.59. The zero-order valence-electron chi connectivity index (χ0n) is 20.9. The van der Waals surface area contributed by atoms with Gasteiger partial charge in [0.05, 0.1) is 31.9 Å². The van der Waals surface area contributed by atoms with Crippen molar-refractivity contribution in [1.82, 2.24) is 5.32 Å². The summed E-state index contributed by atoms with van der Waals surface area (Å²) in [6.07, 6.45) is 1.44. The number of furan rings is 1. The van der Waals surface area contributed by atoms with Crippen LogP contribution in [0.5, 0.6) is 5.75 Å². The predicted octanol–water partition coefficient (Wildman–Crippen LogP) is 3.42. The minimum Gasteiger partial charge on any atom is -0.497 e. The highest BCUT2D eigenvalue weighted by molar-refractivity contribution is 6.39. The number of methoxy groups -OCH3 is 2. The van der Waals surface area contributed by atoms with Crippen molar-refractivity contribution in [3.8, 4) is 5.75 Å². The van der Waals surface area contributed by atoms with Gasteiger partial charge < -0.3 is 24.5 Å². The number of para-hydroxylation sites is 1. The van der Waals surface area contributed by atoms with Crippen molar-refractivity contribution in [2.45, 2.75) is 13.5 Å². The van der Waals surface area contributed by atoms with E-state index in [9.17, 15) is 19.2 Å². The second-order valence-corrected chi connectivity index (χ2v) is 8.16. The van der Waals surface area contributed by atoms with Gasteiger partial charge in [-0.15, -0.1) is 0 Å². The van der Waals surface area contributed by atoms with Crippen molar-refractivity contribution in [1.29, 1.82) is 0 Å². The SMILES string of the molecule is COC(=O)C1=C(C)N(c2ccc(OC)cc2)C(=O)/C1=C/c1ccc(CNC(=O)C(=O)Nc2ccccc2)o1. The Hall–Kier alpha value is -5.12. The van der Waals surface area contributed by atoms with Crippen molar-refractivity contribution >= 4 is 41.1 Å². The molecule has 3 aromatic rings. The van der Waals surface area contributed by atoms with Gasteiger partial charge in [-0.05, 0) is 61.5 Å². The van der Waals surface area contributed by atoms with E-state index in [0.29, 0.717) is 28.6 Å². The van der Waals surface area contributed by atoms with Gasteiger partial charge in [-0.25, -0.2) is 4.79 Å². The maximum atomic E-state index is 13.4. The third-order valence-electron chi connectivity index (χ3n) is 5.75. The smallest absolute Gasteiger partial charge is 0.340 e. The van der Waals surface area contributed by atoms with Crippen LogP contribution < -0.4 is 20.3 Å². The predicted molar refractivity (Wildman–Crippen MR) is 139 cm³/mol. The van der Waals surface area contributed by atoms with Crippen LogP contribution in [0.3, 0.4) is 0 Å². The van der Waals surface area contributed by atoms with Crippen molar-refractivity contribution in [2.24, 2.45) is 0 Å². The van der Waals surface area contributed by atoms with Crippen molar-refractivity contribution < 1.29 is 33.1 Å². The van der Waals surface area contributed by atoms with Crippen LogP contribution in [0.2, 0.25) is 0 Å². The van der Waals surface area contributed by atoms with E-state index in [1.54, 1.807) is 80.8 Å². The lowest BCUT2D eigenvalue weighted by molar-refractivity contribution is -0.136. The van der Waals surface area contributed by atoms with Crippen molar-refractivity contribution in [3.05, 3.63) is 95.1 Å². The van der Waals surface area contributed by atoms with Gasteiger partial charge in [0.1, 0.15) is 17.3 Å². The fourth-order valence-electron chi connectivity index (χ4n) is 3.89. The summed E-state index contributed by atoms with van der Waals surface area (Å²) in [6, 6.07) is 18.6. The van der Waals surface area contributed by atoms with Crippen LogP contribution in [0.15, 0.2) is 88.0 Å². The second kappa shape index (κ2) is 11.3. The molecule has 0 spiro atoms. The number of hydrogen-bond donors (Lipinski definition) is 2. The fraction of sp³-hybridized carbons (Fsp3) is 0.143. The molecular formula is C28H25N3O7. The molecule has 0 saturated carbocycles. The lowest BCUT2D eigenvalue weighted by Crippen LogP contribution is -2.34. The van der Waals surface area contributed by atoms with Crippen LogP contribution in [0.25, 0.3) is 6.08 Å². The molecule has 0 radical (unpaired) electrons. The highest BCUT2D eigenvalue weighted by atomic mass is 16.5. The molecule has 4 rings (SSSR count). The summed E-state index contributed by atoms with van der Waals surface area (Å²) in [5.41, 5.74) is 1.65. The minimum absolute atomic E-state index is 0.0607. The molecule has 2 N–H and O–H groups in total. The molecule has 1 aromatic heterocycles. The van der Waals surface area contributed by atoms with Gasteiger partial charge in [0.2, 0.25) is 0 Å². The molecule has 0 bridgehead atoms. The number of nitrogens with zero attached hydrogens (tertiary/aromatic N) is 1. The van der Waals surface area contributed by atoms with E-state index in [2.05, 4.69) is 10.6 Å². The molecule has 10 nitrogen and oxygen atoms in total. The van der Waals surface area contributed by atoms with Crippen LogP contribution in [-0.4, -0.2) is 37.9 Å². The molecule has 1 aliphatic heterocycles. The van der Waals surface area contributed by atoms with E-state index < -0.39 is 23.7 Å². The number of rotatable bonds is 7. The summed E-state index contributed by atoms with van der Waals surface area (Å²) in [7, 11) is 2.78. The Kier molecular flexibility index (Phi) is 7.72. The molecule has 3 amide bonds. The second-order valence-electron chi connectivity index (χ2n) is 8.16. The average Bonchev–Trinajstić information content (AvgIpc) is 3.48. The van der Waals surface area contributed by atoms with Crippen LogP contribution >= 0.6 is 0 Å². The molecule has 0 atom stereocenters. The number of amides is 3. The lowest BCUT2D eigenvalue weighted by Gasteiger charge is -2.18. The molecule has 2 aromatic carbocycles. The number of benzene rings is 2. The van der Waals surface area contributed by atoms with Crippen molar-refractivity contribution in [3.63, 3.8) is 0 Å². The molecule has 0 saturated heterocycles. The largest absolute Gasteiger partial charge is 0.497 e. The maximum absolute atomic E-state index is 13.4. The van der Waals surface area contributed by atoms with E-state index >= 15 is 0 Å². The van der Waals surface area contributed by atoms with Gasteiger partial charge in [0.15, 0.2) is 0 Å². The van der Waals surface area contributed by atoms with Gasteiger partial charge in [-0.1, -0.05) is 18.2 Å². The first kappa shape index (κ1) is 26.0. The molecule has 38 heavy (non-hydrogen) atoms. The van der Waals surface area contributed by atoms with E-state index in [1.807, 2.05) is 0 Å². The first-order chi connectivity index (χ1) is 18.3. The number of anilines is 2. The van der Waals surface area contributed by atoms with E-state index in [1.165, 1.54) is 18.1 Å². The Morgan fingerprint density at radius 1 is 0.947 bits per heavy atom. The summed E-state index contributed by atoms with van der Waals surface area (Å²) >= 11 is 0. The zero-order chi connectivity index (χ0) is 27.2. The fourth-order valence-corrected chi connectivity index (χ4v) is 3.89. The summed E-state index contributed by atoms with van der Waals surface area (Å²) in [4.78, 5) is 51.6. The first-order valence-corrected chi connectivity index (χ1v) is 11.5. The van der Waals surface area contributed by atoms with Crippen LogP contribution in [0.1, 0.15) is 18.4 Å². The van der Waals surface area contributed by atoms with Gasteiger partial charge in [-0.3, -0.25) is 19.3 Å². The lowest BCUT2D eigenvalue weighted by atomic mass is 10.1. The Morgan fingerprint density at radius 3 is 2.32 bits per heavy atom. The highest BCUT2D eigenvalue weighted by Gasteiger charge is 2.38. The number of hydrogen-bond acceptors (Lipinski definition) is 7. The number of carbonyl (C=O) groups is 4. The van der Waals surface area contributed by atoms with E-state index in [4.69, 9.17) is 13.9 Å². The standard InChI is InChI=1S/C28H25N3O7/c1-17-24(28(35)37-3)23(27(34)31(17)19-9-11-20(36-2)12-10-19)15-21-13-14-22(38-21)16-29-25(32)26(33)30-18-7-5-4-6-8-18/h4-15H,16H2,1-3H3,(H,29,32)(H,30,33)/b23-15+. The molecule has 10 heteroatoms. The quantitative estimate of drug-likeness (QED) is 0.280. The van der Waals surface area contributed by atoms with Gasteiger partial charge in [0, 0.05) is 17.1 Å². The monoisotopic (exact) mass is 515 g/mol. The van der Waals surface area contributed by atoms with Gasteiger partial charge >= 0.3 is 17.8 Å². The number of carbonyl (C=O) groups excluding carboxylic acids is 4. The molecule has 0 aliphatic carbocycles. The maximum Gasteiger partial charge on any atom is 0.340 e. The molecule has 1 aliphatic rings. The summed E-state index contributed by atoms with van der Waals surface area (Å²) in [5, 5.41) is 4.98. The summed E-state index contributed by atoms with van der Waals surface area (Å²) < 4.78 is 15.8. The van der Waals surface area contributed by atoms with E-state index in [-0.39, 0.29) is 23.5 Å². The third kappa shape index (κ3) is 5.49. The molecule has 2 heterocycles. The molecule has 194 valence electrons. The highest BCUT2D eigenvalue weighted by Crippen LogP contribution is 2.36. The first-order valence-electron chi connectivity index (χ1n) is 11.5. The van der Waals surface area contributed by atoms with Crippen LogP contribution in [0, 0.1) is 0 Å². The Labute approximate surface area is 218 Å². The van der Waals surface area contributed by atoms with Gasteiger partial charge in [0.25, 0.3) is 5.91 Å².